The van der Waals surface area contributed by atoms with Gasteiger partial charge < -0.3 is 15.2 Å². The number of amides is 1. The summed E-state index contributed by atoms with van der Waals surface area (Å²) in [5.41, 5.74) is 0. The molecule has 15 heavy (non-hydrogen) atoms. The van der Waals surface area contributed by atoms with Gasteiger partial charge in [0.05, 0.1) is 6.61 Å². The zero-order valence-electron chi connectivity index (χ0n) is 8.07. The van der Waals surface area contributed by atoms with Crippen molar-refractivity contribution in [1.29, 1.82) is 0 Å². The molecule has 4 nitrogen and oxygen atoms in total. The van der Waals surface area contributed by atoms with Crippen molar-refractivity contribution in [3.63, 3.8) is 0 Å². The molecule has 0 saturated heterocycles. The molecular formula is C10H12INO3. The van der Waals surface area contributed by atoms with E-state index in [9.17, 15) is 4.79 Å². The van der Waals surface area contributed by atoms with Crippen LogP contribution in [0.3, 0.4) is 0 Å². The molecule has 0 fully saturated rings. The average molecular weight is 321 g/mol. The summed E-state index contributed by atoms with van der Waals surface area (Å²) in [5, 5.41) is 11.0. The number of aliphatic hydroxyl groups is 1. The highest BCUT2D eigenvalue weighted by atomic mass is 127. The summed E-state index contributed by atoms with van der Waals surface area (Å²) in [5.74, 6) is 0.428. The number of halogens is 1. The highest BCUT2D eigenvalue weighted by Gasteiger charge is 2.01. The van der Waals surface area contributed by atoms with Gasteiger partial charge in [0.15, 0.2) is 6.61 Å². The predicted molar refractivity (Wildman–Crippen MR) is 64.7 cm³/mol. The molecule has 1 rings (SSSR count). The predicted octanol–water partition coefficient (Wildman–Crippen LogP) is 0.778. The molecule has 0 spiro atoms. The fourth-order valence-electron chi connectivity index (χ4n) is 0.926. The van der Waals surface area contributed by atoms with Crippen molar-refractivity contribution in [2.24, 2.45) is 0 Å². The average Bonchev–Trinajstić information content (AvgIpc) is 2.25. The molecule has 82 valence electrons. The lowest BCUT2D eigenvalue weighted by molar-refractivity contribution is -0.123. The first kappa shape index (κ1) is 12.3. The van der Waals surface area contributed by atoms with Gasteiger partial charge in [-0.15, -0.1) is 0 Å². The van der Waals surface area contributed by atoms with Crippen LogP contribution in [0.1, 0.15) is 0 Å². The summed E-state index contributed by atoms with van der Waals surface area (Å²) in [7, 11) is 0. The van der Waals surface area contributed by atoms with Gasteiger partial charge in [-0.2, -0.15) is 0 Å². The molecule has 0 aliphatic carbocycles. The molecule has 1 aromatic carbocycles. The molecule has 0 heterocycles. The standard InChI is InChI=1S/C10H12INO3/c11-8-1-3-9(4-2-8)15-7-10(14)12-5-6-13/h1-4,13H,5-7H2,(H,12,14). The van der Waals surface area contributed by atoms with Gasteiger partial charge in [0, 0.05) is 10.1 Å². The van der Waals surface area contributed by atoms with Gasteiger partial charge in [-0.25, -0.2) is 0 Å². The number of rotatable bonds is 5. The summed E-state index contributed by atoms with van der Waals surface area (Å²) < 4.78 is 6.34. The van der Waals surface area contributed by atoms with E-state index in [1.54, 1.807) is 12.1 Å². The molecule has 5 heteroatoms. The van der Waals surface area contributed by atoms with Crippen molar-refractivity contribution >= 4 is 28.5 Å². The van der Waals surface area contributed by atoms with Crippen molar-refractivity contribution in [1.82, 2.24) is 5.32 Å². The van der Waals surface area contributed by atoms with E-state index >= 15 is 0 Å². The number of benzene rings is 1. The van der Waals surface area contributed by atoms with Crippen LogP contribution in [0.15, 0.2) is 24.3 Å². The van der Waals surface area contributed by atoms with E-state index in [0.717, 1.165) is 3.57 Å². The zero-order valence-corrected chi connectivity index (χ0v) is 10.2. The van der Waals surface area contributed by atoms with E-state index in [1.807, 2.05) is 12.1 Å². The van der Waals surface area contributed by atoms with Gasteiger partial charge in [0.25, 0.3) is 5.91 Å². The van der Waals surface area contributed by atoms with Gasteiger partial charge in [0.2, 0.25) is 0 Å². The Hall–Kier alpha value is -0.820. The maximum Gasteiger partial charge on any atom is 0.258 e. The molecule has 0 saturated carbocycles. The van der Waals surface area contributed by atoms with Gasteiger partial charge in [-0.3, -0.25) is 4.79 Å². The maximum atomic E-state index is 11.1. The van der Waals surface area contributed by atoms with Crippen molar-refractivity contribution in [3.8, 4) is 5.75 Å². The van der Waals surface area contributed by atoms with E-state index in [-0.39, 0.29) is 25.7 Å². The summed E-state index contributed by atoms with van der Waals surface area (Å²) in [6, 6.07) is 7.42. The Morgan fingerprint density at radius 2 is 2.07 bits per heavy atom. The number of carbonyl (C=O) groups is 1. The molecule has 1 amide bonds. The van der Waals surface area contributed by atoms with E-state index < -0.39 is 0 Å². The normalized spacial score (nSPS) is 9.73. The van der Waals surface area contributed by atoms with Gasteiger partial charge in [-0.1, -0.05) is 0 Å². The second-order valence-corrected chi connectivity index (χ2v) is 4.06. The first-order valence-electron chi connectivity index (χ1n) is 4.48. The van der Waals surface area contributed by atoms with E-state index in [2.05, 4.69) is 27.9 Å². The van der Waals surface area contributed by atoms with Gasteiger partial charge in [0.1, 0.15) is 5.75 Å². The molecule has 2 N–H and O–H groups in total. The van der Waals surface area contributed by atoms with Crippen LogP contribution in [0.2, 0.25) is 0 Å². The largest absolute Gasteiger partial charge is 0.484 e. The molecule has 1 aromatic rings. The molecule has 0 aromatic heterocycles. The molecule has 0 unspecified atom stereocenters. The highest BCUT2D eigenvalue weighted by Crippen LogP contribution is 2.12. The fraction of sp³-hybridized carbons (Fsp3) is 0.300. The summed E-state index contributed by atoms with van der Waals surface area (Å²) in [4.78, 5) is 11.1. The second-order valence-electron chi connectivity index (χ2n) is 2.82. The van der Waals surface area contributed by atoms with Crippen LogP contribution in [0, 0.1) is 3.57 Å². The number of aliphatic hydroxyl groups excluding tert-OH is 1. The third kappa shape index (κ3) is 4.98. The van der Waals surface area contributed by atoms with Crippen LogP contribution in [-0.4, -0.2) is 30.8 Å². The Labute approximate surface area is 102 Å². The van der Waals surface area contributed by atoms with Gasteiger partial charge >= 0.3 is 0 Å². The molecule has 0 atom stereocenters. The SMILES string of the molecule is O=C(COc1ccc(I)cc1)NCCO. The number of hydrogen-bond donors (Lipinski definition) is 2. The van der Waals surface area contributed by atoms with Crippen LogP contribution in [0.5, 0.6) is 5.75 Å². The summed E-state index contributed by atoms with van der Waals surface area (Å²) >= 11 is 2.19. The fourth-order valence-corrected chi connectivity index (χ4v) is 1.29. The molecule has 0 aliphatic heterocycles. The second kappa shape index (κ2) is 6.62. The zero-order chi connectivity index (χ0) is 11.1. The Morgan fingerprint density at radius 3 is 2.67 bits per heavy atom. The van der Waals surface area contributed by atoms with E-state index in [0.29, 0.717) is 5.75 Å². The van der Waals surface area contributed by atoms with Crippen LogP contribution in [-0.2, 0) is 4.79 Å². The molecular weight excluding hydrogens is 309 g/mol. The van der Waals surface area contributed by atoms with Gasteiger partial charge in [-0.05, 0) is 46.9 Å². The van der Waals surface area contributed by atoms with E-state index in [1.165, 1.54) is 0 Å². The van der Waals surface area contributed by atoms with Crippen LogP contribution < -0.4 is 10.1 Å². The minimum Gasteiger partial charge on any atom is -0.484 e. The third-order valence-corrected chi connectivity index (χ3v) is 2.34. The number of carbonyl (C=O) groups excluding carboxylic acids is 1. The van der Waals surface area contributed by atoms with Crippen molar-refractivity contribution in [3.05, 3.63) is 27.8 Å². The Morgan fingerprint density at radius 1 is 1.40 bits per heavy atom. The topological polar surface area (TPSA) is 58.6 Å². The Balaban J connectivity index is 2.30. The number of nitrogens with one attached hydrogen (secondary N) is 1. The van der Waals surface area contributed by atoms with Crippen LogP contribution in [0.4, 0.5) is 0 Å². The highest BCUT2D eigenvalue weighted by molar-refractivity contribution is 14.1. The first-order valence-corrected chi connectivity index (χ1v) is 5.56. The smallest absolute Gasteiger partial charge is 0.258 e. The minimum atomic E-state index is -0.234. The van der Waals surface area contributed by atoms with Crippen molar-refractivity contribution in [2.45, 2.75) is 0 Å². The maximum absolute atomic E-state index is 11.1. The van der Waals surface area contributed by atoms with Crippen LogP contribution >= 0.6 is 22.6 Å². The van der Waals surface area contributed by atoms with Crippen molar-refractivity contribution < 1.29 is 14.6 Å². The lowest BCUT2D eigenvalue weighted by Crippen LogP contribution is -2.31. The molecule has 0 aliphatic rings. The lowest BCUT2D eigenvalue weighted by atomic mass is 10.3. The van der Waals surface area contributed by atoms with Crippen molar-refractivity contribution in [2.75, 3.05) is 19.8 Å². The quantitative estimate of drug-likeness (QED) is 0.788. The van der Waals surface area contributed by atoms with E-state index in [4.69, 9.17) is 9.84 Å². The number of hydrogen-bond acceptors (Lipinski definition) is 3. The minimum absolute atomic E-state index is 0.0272. The third-order valence-electron chi connectivity index (χ3n) is 1.62. The Kier molecular flexibility index (Phi) is 5.41. The summed E-state index contributed by atoms with van der Waals surface area (Å²) in [6.45, 7) is 0.171. The first-order chi connectivity index (χ1) is 7.22. The van der Waals surface area contributed by atoms with Crippen LogP contribution in [0.25, 0.3) is 0 Å². The monoisotopic (exact) mass is 321 g/mol. The lowest BCUT2D eigenvalue weighted by Gasteiger charge is -2.06. The Bertz CT molecular complexity index is 313. The molecule has 0 bridgehead atoms. The summed E-state index contributed by atoms with van der Waals surface area (Å²) in [6.07, 6.45) is 0. The number of ether oxygens (including phenoxy) is 1. The molecule has 0 radical (unpaired) electrons.